The number of carbonyl (C=O) groups is 1. The topological polar surface area (TPSA) is 45.2 Å². The number of carbonyl (C=O) groups excluding carboxylic acids is 1. The van der Waals surface area contributed by atoms with Crippen LogP contribution in [0.4, 0.5) is 5.82 Å². The molecule has 0 fully saturated rings. The maximum atomic E-state index is 12.4. The van der Waals surface area contributed by atoms with Gasteiger partial charge in [-0.3, -0.25) is 4.79 Å². The smallest absolute Gasteiger partial charge is 0.257 e. The lowest BCUT2D eigenvalue weighted by molar-refractivity contribution is 0.0744. The fourth-order valence-electron chi connectivity index (χ4n) is 1.83. The molecule has 1 aromatic heterocycles. The molecule has 1 atom stereocenters. The fourth-order valence-corrected chi connectivity index (χ4v) is 2.67. The van der Waals surface area contributed by atoms with Gasteiger partial charge in [0.1, 0.15) is 5.82 Å². The molecule has 0 bridgehead atoms. The number of hydrogen-bond donors (Lipinski definition) is 1. The minimum atomic E-state index is 0.0216. The monoisotopic (exact) mass is 267 g/mol. The number of amides is 1. The lowest BCUT2D eigenvalue weighted by Gasteiger charge is -2.27. The predicted molar refractivity (Wildman–Crippen MR) is 78.3 cm³/mol. The largest absolute Gasteiger partial charge is 0.372 e. The molecule has 1 heterocycles. The van der Waals surface area contributed by atoms with Crippen LogP contribution in [0.2, 0.25) is 0 Å². The van der Waals surface area contributed by atoms with Gasteiger partial charge >= 0.3 is 0 Å². The number of rotatable bonds is 6. The van der Waals surface area contributed by atoms with Gasteiger partial charge in [-0.05, 0) is 24.8 Å². The molecule has 0 saturated carbocycles. The number of anilines is 1. The highest BCUT2D eigenvalue weighted by atomic mass is 32.2. The first-order valence-corrected chi connectivity index (χ1v) is 7.43. The van der Waals surface area contributed by atoms with Crippen LogP contribution in [-0.4, -0.2) is 47.9 Å². The minimum Gasteiger partial charge on any atom is -0.372 e. The number of thioether (sulfide) groups is 1. The Morgan fingerprint density at radius 3 is 2.89 bits per heavy atom. The van der Waals surface area contributed by atoms with E-state index in [9.17, 15) is 4.79 Å². The van der Waals surface area contributed by atoms with Crippen LogP contribution in [0, 0.1) is 0 Å². The van der Waals surface area contributed by atoms with E-state index in [1.165, 1.54) is 0 Å². The fraction of sp³-hybridized carbons (Fsp3) is 0.538. The maximum absolute atomic E-state index is 12.4. The molecule has 1 N–H and O–H groups in total. The molecule has 0 aliphatic heterocycles. The molecule has 0 aliphatic carbocycles. The van der Waals surface area contributed by atoms with Crippen LogP contribution in [0.15, 0.2) is 18.3 Å². The van der Waals surface area contributed by atoms with Gasteiger partial charge in [-0.1, -0.05) is 6.92 Å². The van der Waals surface area contributed by atoms with E-state index in [4.69, 9.17) is 0 Å². The first-order chi connectivity index (χ1) is 8.65. The third-order valence-electron chi connectivity index (χ3n) is 2.97. The summed E-state index contributed by atoms with van der Waals surface area (Å²) in [6.45, 7) is 2.10. The van der Waals surface area contributed by atoms with Crippen molar-refractivity contribution in [2.45, 2.75) is 19.4 Å². The molecule has 4 nitrogen and oxygen atoms in total. The summed E-state index contributed by atoms with van der Waals surface area (Å²) in [5.41, 5.74) is 0.627. The minimum absolute atomic E-state index is 0.0216. The molecule has 100 valence electrons. The summed E-state index contributed by atoms with van der Waals surface area (Å²) in [5.74, 6) is 1.61. The third kappa shape index (κ3) is 3.38. The van der Waals surface area contributed by atoms with Crippen molar-refractivity contribution in [2.75, 3.05) is 31.4 Å². The Bertz CT molecular complexity index is 398. The number of pyridine rings is 1. The lowest BCUT2D eigenvalue weighted by Crippen LogP contribution is -2.38. The van der Waals surface area contributed by atoms with E-state index in [0.29, 0.717) is 11.4 Å². The van der Waals surface area contributed by atoms with Gasteiger partial charge in [-0.2, -0.15) is 11.8 Å². The molecule has 0 saturated heterocycles. The summed E-state index contributed by atoms with van der Waals surface area (Å²) in [7, 11) is 3.64. The zero-order valence-corrected chi connectivity index (χ0v) is 12.3. The van der Waals surface area contributed by atoms with E-state index < -0.39 is 0 Å². The van der Waals surface area contributed by atoms with Gasteiger partial charge in [-0.25, -0.2) is 4.98 Å². The van der Waals surface area contributed by atoms with Gasteiger partial charge in [-0.15, -0.1) is 0 Å². The van der Waals surface area contributed by atoms with Crippen LogP contribution in [0.1, 0.15) is 23.7 Å². The predicted octanol–water partition coefficient (Wildman–Crippen LogP) is 2.34. The number of hydrogen-bond acceptors (Lipinski definition) is 4. The van der Waals surface area contributed by atoms with Crippen molar-refractivity contribution in [3.05, 3.63) is 23.9 Å². The van der Waals surface area contributed by atoms with Crippen molar-refractivity contribution < 1.29 is 4.79 Å². The molecule has 0 radical (unpaired) electrons. The summed E-state index contributed by atoms with van der Waals surface area (Å²) >= 11 is 1.76. The molecular formula is C13H21N3OS. The Morgan fingerprint density at radius 2 is 2.33 bits per heavy atom. The van der Waals surface area contributed by atoms with Crippen molar-refractivity contribution in [3.8, 4) is 0 Å². The second-order valence-corrected chi connectivity index (χ2v) is 4.99. The zero-order chi connectivity index (χ0) is 13.5. The molecule has 1 unspecified atom stereocenters. The van der Waals surface area contributed by atoms with E-state index in [2.05, 4.69) is 23.5 Å². The lowest BCUT2D eigenvalue weighted by atomic mass is 10.1. The van der Waals surface area contributed by atoms with Gasteiger partial charge in [0.25, 0.3) is 5.91 Å². The highest BCUT2D eigenvalue weighted by Gasteiger charge is 2.21. The quantitative estimate of drug-likeness (QED) is 0.859. The van der Waals surface area contributed by atoms with E-state index in [0.717, 1.165) is 12.2 Å². The van der Waals surface area contributed by atoms with Crippen LogP contribution in [0.25, 0.3) is 0 Å². The highest BCUT2D eigenvalue weighted by molar-refractivity contribution is 7.98. The van der Waals surface area contributed by atoms with Gasteiger partial charge in [0, 0.05) is 32.1 Å². The molecule has 1 amide bonds. The van der Waals surface area contributed by atoms with Crippen LogP contribution < -0.4 is 5.32 Å². The van der Waals surface area contributed by atoms with Crippen molar-refractivity contribution in [1.82, 2.24) is 9.88 Å². The van der Waals surface area contributed by atoms with Crippen LogP contribution in [0.3, 0.4) is 0 Å². The molecular weight excluding hydrogens is 246 g/mol. The Labute approximate surface area is 113 Å². The standard InChI is InChI=1S/C13H21N3OS/c1-5-10(9-18-4)16(3)13(17)11-7-6-8-15-12(11)14-2/h6-8,10H,5,9H2,1-4H3,(H,14,15). The molecule has 0 aromatic carbocycles. The summed E-state index contributed by atoms with van der Waals surface area (Å²) in [6.07, 6.45) is 4.70. The first kappa shape index (κ1) is 14.8. The summed E-state index contributed by atoms with van der Waals surface area (Å²) in [6, 6.07) is 3.86. The van der Waals surface area contributed by atoms with Crippen LogP contribution in [-0.2, 0) is 0 Å². The number of nitrogens with one attached hydrogen (secondary N) is 1. The molecule has 1 rings (SSSR count). The van der Waals surface area contributed by atoms with Gasteiger partial charge in [0.15, 0.2) is 0 Å². The number of aromatic nitrogens is 1. The Balaban J connectivity index is 2.91. The number of nitrogens with zero attached hydrogens (tertiary/aromatic N) is 2. The summed E-state index contributed by atoms with van der Waals surface area (Å²) in [5, 5.41) is 2.96. The SMILES string of the molecule is CCC(CSC)N(C)C(=O)c1cccnc1NC. The van der Waals surface area contributed by atoms with Gasteiger partial charge < -0.3 is 10.2 Å². The summed E-state index contributed by atoms with van der Waals surface area (Å²) in [4.78, 5) is 18.4. The molecule has 18 heavy (non-hydrogen) atoms. The van der Waals surface area contributed by atoms with Gasteiger partial charge in [0.2, 0.25) is 0 Å². The average molecular weight is 267 g/mol. The third-order valence-corrected chi connectivity index (χ3v) is 3.69. The Morgan fingerprint density at radius 1 is 1.61 bits per heavy atom. The van der Waals surface area contributed by atoms with E-state index in [1.807, 2.05) is 18.0 Å². The molecule has 1 aromatic rings. The molecule has 5 heteroatoms. The molecule has 0 spiro atoms. The second-order valence-electron chi connectivity index (χ2n) is 4.08. The second kappa shape index (κ2) is 7.26. The summed E-state index contributed by atoms with van der Waals surface area (Å²) < 4.78 is 0. The van der Waals surface area contributed by atoms with Crippen LogP contribution >= 0.6 is 11.8 Å². The van der Waals surface area contributed by atoms with E-state index in [1.54, 1.807) is 31.1 Å². The highest BCUT2D eigenvalue weighted by Crippen LogP contribution is 2.16. The van der Waals surface area contributed by atoms with Crippen molar-refractivity contribution in [2.24, 2.45) is 0 Å². The maximum Gasteiger partial charge on any atom is 0.257 e. The Hall–Kier alpha value is -1.23. The first-order valence-electron chi connectivity index (χ1n) is 6.04. The van der Waals surface area contributed by atoms with Gasteiger partial charge in [0.05, 0.1) is 5.56 Å². The van der Waals surface area contributed by atoms with Crippen molar-refractivity contribution in [1.29, 1.82) is 0 Å². The van der Waals surface area contributed by atoms with Crippen LogP contribution in [0.5, 0.6) is 0 Å². The molecule has 0 aliphatic rings. The average Bonchev–Trinajstić information content (AvgIpc) is 2.43. The zero-order valence-electron chi connectivity index (χ0n) is 11.4. The van der Waals surface area contributed by atoms with Crippen molar-refractivity contribution >= 4 is 23.5 Å². The Kier molecular flexibility index (Phi) is 5.98. The van der Waals surface area contributed by atoms with Crippen molar-refractivity contribution in [3.63, 3.8) is 0 Å². The van der Waals surface area contributed by atoms with E-state index >= 15 is 0 Å². The van der Waals surface area contributed by atoms with E-state index in [-0.39, 0.29) is 11.9 Å². The normalized spacial score (nSPS) is 12.0.